The smallest absolute Gasteiger partial charge is 0.393 e. The third-order valence-electron chi connectivity index (χ3n) is 3.79. The zero-order chi connectivity index (χ0) is 19.6. The van der Waals surface area contributed by atoms with Crippen LogP contribution in [-0.4, -0.2) is 9.97 Å². The van der Waals surface area contributed by atoms with Gasteiger partial charge in [0.05, 0.1) is 5.56 Å². The lowest BCUT2D eigenvalue weighted by Gasteiger charge is -2.15. The van der Waals surface area contributed by atoms with Crippen LogP contribution in [0.3, 0.4) is 0 Å². The van der Waals surface area contributed by atoms with Gasteiger partial charge < -0.3 is 16.4 Å². The Balaban J connectivity index is 1.88. The van der Waals surface area contributed by atoms with E-state index in [2.05, 4.69) is 20.6 Å². The highest BCUT2D eigenvalue weighted by Gasteiger charge is 2.30. The van der Waals surface area contributed by atoms with Crippen LogP contribution in [-0.2, 0) is 6.18 Å². The Hall–Kier alpha value is -3.00. The number of aryl methyl sites for hydroxylation is 1. The van der Waals surface area contributed by atoms with Crippen LogP contribution in [0.15, 0.2) is 48.8 Å². The molecule has 0 amide bonds. The molecule has 1 heterocycles. The molecular weight excluding hydrogens is 379 g/mol. The van der Waals surface area contributed by atoms with E-state index >= 15 is 0 Å². The highest BCUT2D eigenvalue weighted by Crippen LogP contribution is 2.33. The fourth-order valence-corrected chi connectivity index (χ4v) is 2.53. The molecule has 140 valence electrons. The number of aromatic nitrogens is 2. The predicted octanol–water partition coefficient (Wildman–Crippen LogP) is 5.53. The van der Waals surface area contributed by atoms with E-state index in [-0.39, 0.29) is 17.2 Å². The molecule has 0 saturated heterocycles. The number of benzene rings is 2. The van der Waals surface area contributed by atoms with Gasteiger partial charge in [0.15, 0.2) is 11.6 Å². The summed E-state index contributed by atoms with van der Waals surface area (Å²) in [5.41, 5.74) is 7.31. The van der Waals surface area contributed by atoms with Gasteiger partial charge in [0.2, 0.25) is 0 Å². The van der Waals surface area contributed by atoms with Gasteiger partial charge in [-0.2, -0.15) is 13.2 Å². The molecule has 0 atom stereocenters. The minimum atomic E-state index is -4.44. The van der Waals surface area contributed by atoms with Gasteiger partial charge in [0.25, 0.3) is 0 Å². The van der Waals surface area contributed by atoms with Gasteiger partial charge >= 0.3 is 6.18 Å². The summed E-state index contributed by atoms with van der Waals surface area (Å²) in [5, 5.41) is 6.40. The third kappa shape index (κ3) is 4.40. The van der Waals surface area contributed by atoms with Crippen molar-refractivity contribution in [2.45, 2.75) is 13.1 Å². The quantitative estimate of drug-likeness (QED) is 0.543. The van der Waals surface area contributed by atoms with Gasteiger partial charge in [-0.25, -0.2) is 9.97 Å². The second-order valence-corrected chi connectivity index (χ2v) is 6.21. The Labute approximate surface area is 158 Å². The molecule has 3 rings (SSSR count). The lowest BCUT2D eigenvalue weighted by atomic mass is 10.2. The normalized spacial score (nSPS) is 11.3. The fraction of sp³-hybridized carbons (Fsp3) is 0.111. The first-order valence-corrected chi connectivity index (χ1v) is 8.20. The van der Waals surface area contributed by atoms with E-state index < -0.39 is 11.7 Å². The first kappa shape index (κ1) is 18.8. The molecule has 0 unspecified atom stereocenters. The number of halogens is 4. The number of hydrogen-bond acceptors (Lipinski definition) is 5. The highest BCUT2D eigenvalue weighted by atomic mass is 35.5. The van der Waals surface area contributed by atoms with Crippen LogP contribution in [0, 0.1) is 6.92 Å². The maximum Gasteiger partial charge on any atom is 0.416 e. The lowest BCUT2D eigenvalue weighted by molar-refractivity contribution is -0.137. The molecule has 0 aliphatic heterocycles. The van der Waals surface area contributed by atoms with Crippen LogP contribution in [0.5, 0.6) is 0 Å². The molecule has 3 aromatic rings. The van der Waals surface area contributed by atoms with Crippen molar-refractivity contribution in [3.63, 3.8) is 0 Å². The molecule has 5 nitrogen and oxygen atoms in total. The van der Waals surface area contributed by atoms with Gasteiger partial charge in [-0.3, -0.25) is 0 Å². The summed E-state index contributed by atoms with van der Waals surface area (Å²) in [6.45, 7) is 1.89. The first-order valence-electron chi connectivity index (χ1n) is 7.82. The molecular formula is C18H15ClF3N5. The fourth-order valence-electron chi connectivity index (χ4n) is 2.36. The van der Waals surface area contributed by atoms with Crippen molar-refractivity contribution in [3.8, 4) is 0 Å². The predicted molar refractivity (Wildman–Crippen MR) is 101 cm³/mol. The molecule has 27 heavy (non-hydrogen) atoms. The average Bonchev–Trinajstić information content (AvgIpc) is 2.61. The number of anilines is 5. The SMILES string of the molecule is Cc1ccc(Cl)cc1Nc1ncnc(Nc2cccc(C(F)(F)F)c2)c1N. The summed E-state index contributed by atoms with van der Waals surface area (Å²) in [7, 11) is 0. The molecule has 4 N–H and O–H groups in total. The summed E-state index contributed by atoms with van der Waals surface area (Å²) >= 11 is 6.00. The Bertz CT molecular complexity index is 975. The van der Waals surface area contributed by atoms with E-state index in [1.807, 2.05) is 13.0 Å². The van der Waals surface area contributed by atoms with E-state index in [1.54, 1.807) is 12.1 Å². The van der Waals surface area contributed by atoms with Crippen LogP contribution in [0.25, 0.3) is 0 Å². The molecule has 0 aliphatic rings. The number of nitrogen functional groups attached to an aromatic ring is 1. The summed E-state index contributed by atoms with van der Waals surface area (Å²) in [6.07, 6.45) is -3.18. The maximum absolute atomic E-state index is 12.9. The number of alkyl halides is 3. The van der Waals surface area contributed by atoms with Crippen molar-refractivity contribution in [2.24, 2.45) is 0 Å². The van der Waals surface area contributed by atoms with Crippen LogP contribution >= 0.6 is 11.6 Å². The molecule has 0 spiro atoms. The zero-order valence-corrected chi connectivity index (χ0v) is 14.9. The standard InChI is InChI=1S/C18H15ClF3N5/c1-10-5-6-12(19)8-14(10)27-17-15(23)16(24-9-25-17)26-13-4-2-3-11(7-13)18(20,21)22/h2-9H,23H2,1H3,(H2,24,25,26,27). The van der Waals surface area contributed by atoms with Crippen molar-refractivity contribution in [1.29, 1.82) is 0 Å². The Morgan fingerprint density at radius 3 is 2.41 bits per heavy atom. The maximum atomic E-state index is 12.9. The topological polar surface area (TPSA) is 75.9 Å². The molecule has 0 radical (unpaired) electrons. The Morgan fingerprint density at radius 2 is 1.70 bits per heavy atom. The summed E-state index contributed by atoms with van der Waals surface area (Å²) in [4.78, 5) is 8.11. The minimum Gasteiger partial charge on any atom is -0.393 e. The lowest BCUT2D eigenvalue weighted by Crippen LogP contribution is -2.07. The molecule has 2 aromatic carbocycles. The highest BCUT2D eigenvalue weighted by molar-refractivity contribution is 6.30. The van der Waals surface area contributed by atoms with Crippen molar-refractivity contribution in [3.05, 3.63) is 64.9 Å². The third-order valence-corrected chi connectivity index (χ3v) is 4.02. The van der Waals surface area contributed by atoms with Gasteiger partial charge in [-0.05, 0) is 42.8 Å². The van der Waals surface area contributed by atoms with Crippen molar-refractivity contribution in [1.82, 2.24) is 9.97 Å². The summed E-state index contributed by atoms with van der Waals surface area (Å²) in [6, 6.07) is 10.1. The molecule has 9 heteroatoms. The van der Waals surface area contributed by atoms with Crippen LogP contribution in [0.1, 0.15) is 11.1 Å². The summed E-state index contributed by atoms with van der Waals surface area (Å²) in [5.74, 6) is 0.497. The molecule has 0 fully saturated rings. The van der Waals surface area contributed by atoms with E-state index in [9.17, 15) is 13.2 Å². The van der Waals surface area contributed by atoms with E-state index in [0.29, 0.717) is 16.5 Å². The second kappa shape index (κ2) is 7.32. The number of nitrogens with zero attached hydrogens (tertiary/aromatic N) is 2. The van der Waals surface area contributed by atoms with Crippen LogP contribution in [0.2, 0.25) is 5.02 Å². The van der Waals surface area contributed by atoms with Crippen LogP contribution in [0.4, 0.5) is 41.9 Å². The van der Waals surface area contributed by atoms with Crippen molar-refractivity contribution in [2.75, 3.05) is 16.4 Å². The number of nitrogens with two attached hydrogens (primary N) is 1. The van der Waals surface area contributed by atoms with Gasteiger partial charge in [0, 0.05) is 16.4 Å². The number of nitrogens with one attached hydrogen (secondary N) is 2. The van der Waals surface area contributed by atoms with E-state index in [1.165, 1.54) is 18.5 Å². The number of rotatable bonds is 4. The molecule has 0 saturated carbocycles. The Kier molecular flexibility index (Phi) is 5.09. The van der Waals surface area contributed by atoms with Crippen LogP contribution < -0.4 is 16.4 Å². The van der Waals surface area contributed by atoms with E-state index in [4.69, 9.17) is 17.3 Å². The largest absolute Gasteiger partial charge is 0.416 e. The number of hydrogen-bond donors (Lipinski definition) is 3. The molecule has 0 bridgehead atoms. The van der Waals surface area contributed by atoms with Crippen molar-refractivity contribution >= 4 is 40.3 Å². The zero-order valence-electron chi connectivity index (χ0n) is 14.1. The average molecular weight is 394 g/mol. The monoisotopic (exact) mass is 393 g/mol. The van der Waals surface area contributed by atoms with Crippen molar-refractivity contribution < 1.29 is 13.2 Å². The second-order valence-electron chi connectivity index (χ2n) is 5.77. The van der Waals surface area contributed by atoms with E-state index in [0.717, 1.165) is 17.7 Å². The minimum absolute atomic E-state index is 0.161. The summed E-state index contributed by atoms with van der Waals surface area (Å²) < 4.78 is 38.6. The first-order chi connectivity index (χ1) is 12.7. The molecule has 0 aliphatic carbocycles. The molecule has 1 aromatic heterocycles. The van der Waals surface area contributed by atoms with Gasteiger partial charge in [-0.15, -0.1) is 0 Å². The Morgan fingerprint density at radius 1 is 1.00 bits per heavy atom. The van der Waals surface area contributed by atoms with Gasteiger partial charge in [0.1, 0.15) is 12.0 Å². The van der Waals surface area contributed by atoms with Gasteiger partial charge in [-0.1, -0.05) is 23.7 Å².